The molecule has 1 aliphatic rings. The van der Waals surface area contributed by atoms with Crippen LogP contribution in [0, 0.1) is 13.8 Å². The van der Waals surface area contributed by atoms with Crippen LogP contribution >= 0.6 is 0 Å². The molecule has 0 radical (unpaired) electrons. The van der Waals surface area contributed by atoms with Gasteiger partial charge >= 0.3 is 0 Å². The van der Waals surface area contributed by atoms with Crippen molar-refractivity contribution in [1.82, 2.24) is 14.7 Å². The van der Waals surface area contributed by atoms with Crippen LogP contribution in [0.3, 0.4) is 0 Å². The van der Waals surface area contributed by atoms with Gasteiger partial charge in [-0.2, -0.15) is 5.10 Å². The van der Waals surface area contributed by atoms with Crippen molar-refractivity contribution < 1.29 is 4.79 Å². The highest BCUT2D eigenvalue weighted by molar-refractivity contribution is 5.95. The monoisotopic (exact) mass is 295 g/mol. The fourth-order valence-corrected chi connectivity index (χ4v) is 2.84. The summed E-state index contributed by atoms with van der Waals surface area (Å²) < 4.78 is 1.74. The van der Waals surface area contributed by atoms with Crippen LogP contribution in [-0.2, 0) is 7.05 Å². The van der Waals surface area contributed by atoms with Gasteiger partial charge in [0.2, 0.25) is 0 Å². The molecule has 0 spiro atoms. The van der Waals surface area contributed by atoms with Gasteiger partial charge in [0.15, 0.2) is 0 Å². The van der Waals surface area contributed by atoms with E-state index in [0.717, 1.165) is 18.7 Å². The minimum absolute atomic E-state index is 0.0742. The zero-order chi connectivity index (χ0) is 15.7. The molecule has 1 aromatic carbocycles. The number of rotatable bonds is 2. The van der Waals surface area contributed by atoms with Gasteiger partial charge in [-0.3, -0.25) is 9.48 Å². The van der Waals surface area contributed by atoms with Gasteiger partial charge in [0.25, 0.3) is 5.91 Å². The lowest BCUT2D eigenvalue weighted by Gasteiger charge is -2.26. The summed E-state index contributed by atoms with van der Waals surface area (Å²) in [6.45, 7) is 5.45. The van der Waals surface area contributed by atoms with Crippen LogP contribution in [0.25, 0.3) is 5.57 Å². The van der Waals surface area contributed by atoms with E-state index in [4.69, 9.17) is 0 Å². The van der Waals surface area contributed by atoms with Gasteiger partial charge in [0.05, 0.1) is 11.8 Å². The highest BCUT2D eigenvalue weighted by Gasteiger charge is 2.22. The summed E-state index contributed by atoms with van der Waals surface area (Å²) in [6.07, 6.45) is 4.73. The first-order valence-corrected chi connectivity index (χ1v) is 7.60. The van der Waals surface area contributed by atoms with E-state index < -0.39 is 0 Å². The van der Waals surface area contributed by atoms with E-state index in [1.54, 1.807) is 10.9 Å². The third kappa shape index (κ3) is 2.69. The molecule has 0 atom stereocenters. The topological polar surface area (TPSA) is 38.1 Å². The molecular formula is C18H21N3O. The van der Waals surface area contributed by atoms with E-state index in [2.05, 4.69) is 42.4 Å². The van der Waals surface area contributed by atoms with E-state index in [9.17, 15) is 4.79 Å². The second-order valence-corrected chi connectivity index (χ2v) is 5.87. The number of hydrogen-bond acceptors (Lipinski definition) is 2. The first kappa shape index (κ1) is 14.6. The minimum Gasteiger partial charge on any atom is -0.334 e. The number of nitrogens with zero attached hydrogens (tertiary/aromatic N) is 3. The van der Waals surface area contributed by atoms with Crippen LogP contribution < -0.4 is 0 Å². The largest absolute Gasteiger partial charge is 0.334 e. The molecule has 3 rings (SSSR count). The molecule has 1 aliphatic heterocycles. The van der Waals surface area contributed by atoms with Gasteiger partial charge in [0.1, 0.15) is 0 Å². The molecule has 2 aromatic rings. The zero-order valence-corrected chi connectivity index (χ0v) is 13.3. The Bertz CT molecular complexity index is 743. The highest BCUT2D eigenvalue weighted by atomic mass is 16.2. The molecule has 0 unspecified atom stereocenters. The molecular weight excluding hydrogens is 274 g/mol. The number of aryl methyl sites for hydroxylation is 2. The SMILES string of the molecule is Cc1cccc(C2=CCN(C(=O)c3cnn(C)c3C)CC2)c1. The standard InChI is InChI=1S/C18H21N3O/c1-13-5-4-6-16(11-13)15-7-9-21(10-8-15)18(22)17-12-19-20(3)14(17)2/h4-7,11-12H,8-10H2,1-3H3. The number of carbonyl (C=O) groups is 1. The summed E-state index contributed by atoms with van der Waals surface area (Å²) in [5.74, 6) is 0.0742. The summed E-state index contributed by atoms with van der Waals surface area (Å²) in [5, 5.41) is 4.16. The van der Waals surface area contributed by atoms with Crippen molar-refractivity contribution in [3.05, 3.63) is 58.9 Å². The summed E-state index contributed by atoms with van der Waals surface area (Å²) in [4.78, 5) is 14.5. The molecule has 1 amide bonds. The highest BCUT2D eigenvalue weighted by Crippen LogP contribution is 2.24. The first-order chi connectivity index (χ1) is 10.6. The molecule has 114 valence electrons. The Balaban J connectivity index is 1.76. The lowest BCUT2D eigenvalue weighted by molar-refractivity contribution is 0.0772. The maximum absolute atomic E-state index is 12.6. The molecule has 22 heavy (non-hydrogen) atoms. The Labute approximate surface area is 131 Å². The zero-order valence-electron chi connectivity index (χ0n) is 13.3. The van der Waals surface area contributed by atoms with Crippen molar-refractivity contribution in [3.63, 3.8) is 0 Å². The normalized spacial score (nSPS) is 14.9. The molecule has 0 bridgehead atoms. The van der Waals surface area contributed by atoms with Crippen LogP contribution in [0.15, 0.2) is 36.5 Å². The Kier molecular flexibility index (Phi) is 3.84. The predicted octanol–water partition coefficient (Wildman–Crippen LogP) is 2.97. The second kappa shape index (κ2) is 5.79. The van der Waals surface area contributed by atoms with E-state index >= 15 is 0 Å². The third-order valence-electron chi connectivity index (χ3n) is 4.35. The van der Waals surface area contributed by atoms with Crippen LogP contribution in [0.1, 0.15) is 33.6 Å². The fraction of sp³-hybridized carbons (Fsp3) is 0.333. The van der Waals surface area contributed by atoms with Crippen molar-refractivity contribution >= 4 is 11.5 Å². The Hall–Kier alpha value is -2.36. The van der Waals surface area contributed by atoms with Crippen LogP contribution in [-0.4, -0.2) is 33.7 Å². The van der Waals surface area contributed by atoms with Crippen LogP contribution in [0.2, 0.25) is 0 Å². The van der Waals surface area contributed by atoms with E-state index in [1.165, 1.54) is 16.7 Å². The molecule has 0 saturated heterocycles. The summed E-state index contributed by atoms with van der Waals surface area (Å²) in [5.41, 5.74) is 5.48. The summed E-state index contributed by atoms with van der Waals surface area (Å²) >= 11 is 0. The maximum Gasteiger partial charge on any atom is 0.257 e. The van der Waals surface area contributed by atoms with E-state index in [1.807, 2.05) is 18.9 Å². The first-order valence-electron chi connectivity index (χ1n) is 7.60. The van der Waals surface area contributed by atoms with Gasteiger partial charge in [-0.1, -0.05) is 35.9 Å². The Morgan fingerprint density at radius 3 is 2.68 bits per heavy atom. The molecule has 0 fully saturated rings. The van der Waals surface area contributed by atoms with Gasteiger partial charge in [-0.05, 0) is 31.4 Å². The van der Waals surface area contributed by atoms with Gasteiger partial charge in [-0.25, -0.2) is 0 Å². The van der Waals surface area contributed by atoms with Gasteiger partial charge in [-0.15, -0.1) is 0 Å². The van der Waals surface area contributed by atoms with E-state index in [-0.39, 0.29) is 5.91 Å². The van der Waals surface area contributed by atoms with Crippen molar-refractivity contribution in [2.75, 3.05) is 13.1 Å². The minimum atomic E-state index is 0.0742. The second-order valence-electron chi connectivity index (χ2n) is 5.87. The van der Waals surface area contributed by atoms with Crippen molar-refractivity contribution in [1.29, 1.82) is 0 Å². The smallest absolute Gasteiger partial charge is 0.257 e. The average Bonchev–Trinajstić information content (AvgIpc) is 2.86. The number of carbonyl (C=O) groups excluding carboxylic acids is 1. The quantitative estimate of drug-likeness (QED) is 0.854. The maximum atomic E-state index is 12.6. The van der Waals surface area contributed by atoms with Crippen molar-refractivity contribution in [3.8, 4) is 0 Å². The predicted molar refractivity (Wildman–Crippen MR) is 87.6 cm³/mol. The lowest BCUT2D eigenvalue weighted by Crippen LogP contribution is -2.34. The Morgan fingerprint density at radius 1 is 1.27 bits per heavy atom. The fourth-order valence-electron chi connectivity index (χ4n) is 2.84. The third-order valence-corrected chi connectivity index (χ3v) is 4.35. The summed E-state index contributed by atoms with van der Waals surface area (Å²) in [7, 11) is 1.86. The van der Waals surface area contributed by atoms with Gasteiger partial charge < -0.3 is 4.90 Å². The number of hydrogen-bond donors (Lipinski definition) is 0. The van der Waals surface area contributed by atoms with Crippen LogP contribution in [0.4, 0.5) is 0 Å². The number of benzene rings is 1. The molecule has 0 aliphatic carbocycles. The molecule has 0 N–H and O–H groups in total. The molecule has 2 heterocycles. The van der Waals surface area contributed by atoms with Gasteiger partial charge in [0, 0.05) is 25.8 Å². The summed E-state index contributed by atoms with van der Waals surface area (Å²) in [6, 6.07) is 8.53. The number of aromatic nitrogens is 2. The van der Waals surface area contributed by atoms with E-state index in [0.29, 0.717) is 12.1 Å². The molecule has 4 nitrogen and oxygen atoms in total. The Morgan fingerprint density at radius 2 is 2.09 bits per heavy atom. The lowest BCUT2D eigenvalue weighted by atomic mass is 9.98. The van der Waals surface area contributed by atoms with Crippen molar-refractivity contribution in [2.45, 2.75) is 20.3 Å². The van der Waals surface area contributed by atoms with Crippen molar-refractivity contribution in [2.24, 2.45) is 7.05 Å². The van der Waals surface area contributed by atoms with Crippen LogP contribution in [0.5, 0.6) is 0 Å². The molecule has 1 aromatic heterocycles. The molecule has 0 saturated carbocycles. The number of amides is 1. The average molecular weight is 295 g/mol. The molecule has 4 heteroatoms.